The first-order chi connectivity index (χ1) is 9.20. The van der Waals surface area contributed by atoms with Crippen LogP contribution in [-0.4, -0.2) is 7.05 Å². The van der Waals surface area contributed by atoms with Crippen molar-refractivity contribution in [2.75, 3.05) is 7.05 Å². The van der Waals surface area contributed by atoms with E-state index in [1.807, 2.05) is 25.2 Å². The van der Waals surface area contributed by atoms with Crippen molar-refractivity contribution < 1.29 is 0 Å². The molecule has 4 heteroatoms. The summed E-state index contributed by atoms with van der Waals surface area (Å²) in [5.41, 5.74) is 2.27. The highest BCUT2D eigenvalue weighted by Gasteiger charge is 2.06. The minimum Gasteiger partial charge on any atom is -0.316 e. The Morgan fingerprint density at radius 3 is 2.42 bits per heavy atom. The van der Waals surface area contributed by atoms with Gasteiger partial charge in [0.25, 0.3) is 0 Å². The maximum atomic E-state index is 6.17. The fraction of sp³-hybridized carbons (Fsp3) is 0.200. The fourth-order valence-corrected chi connectivity index (χ4v) is 3.50. The third-order valence-corrected chi connectivity index (χ3v) is 4.45. The van der Waals surface area contributed by atoms with Gasteiger partial charge in [-0.2, -0.15) is 0 Å². The first-order valence-electron chi connectivity index (χ1n) is 6.00. The summed E-state index contributed by atoms with van der Waals surface area (Å²) in [6.45, 7) is 0.876. The van der Waals surface area contributed by atoms with Crippen LogP contribution >= 0.6 is 35.0 Å². The van der Waals surface area contributed by atoms with Gasteiger partial charge in [0.2, 0.25) is 0 Å². The number of thioether (sulfide) groups is 1. The molecule has 2 aromatic rings. The molecule has 1 nitrogen and oxygen atoms in total. The van der Waals surface area contributed by atoms with Crippen LogP contribution in [0.2, 0.25) is 10.0 Å². The minimum atomic E-state index is 0.728. The Morgan fingerprint density at radius 1 is 1.05 bits per heavy atom. The summed E-state index contributed by atoms with van der Waals surface area (Å²) in [7, 11) is 1.95. The Kier molecular flexibility index (Phi) is 5.59. The van der Waals surface area contributed by atoms with E-state index in [2.05, 4.69) is 29.6 Å². The second kappa shape index (κ2) is 7.20. The molecule has 0 saturated heterocycles. The van der Waals surface area contributed by atoms with Gasteiger partial charge >= 0.3 is 0 Å². The molecule has 2 rings (SSSR count). The van der Waals surface area contributed by atoms with Gasteiger partial charge in [-0.1, -0.05) is 41.4 Å². The van der Waals surface area contributed by atoms with Gasteiger partial charge in [-0.15, -0.1) is 11.8 Å². The van der Waals surface area contributed by atoms with Crippen molar-refractivity contribution in [3.63, 3.8) is 0 Å². The molecule has 0 aromatic heterocycles. The molecule has 1 N–H and O–H groups in total. The molecule has 2 aromatic carbocycles. The molecule has 0 aliphatic carbocycles. The number of hydrogen-bond donors (Lipinski definition) is 1. The molecule has 0 aliphatic rings. The zero-order valence-corrected chi connectivity index (χ0v) is 12.9. The highest BCUT2D eigenvalue weighted by Crippen LogP contribution is 2.31. The average molecular weight is 312 g/mol. The van der Waals surface area contributed by atoms with Crippen LogP contribution in [0.4, 0.5) is 0 Å². The summed E-state index contributed by atoms with van der Waals surface area (Å²) >= 11 is 14.1. The molecule has 0 amide bonds. The highest BCUT2D eigenvalue weighted by molar-refractivity contribution is 7.98. The summed E-state index contributed by atoms with van der Waals surface area (Å²) in [5.74, 6) is 0.779. The zero-order valence-electron chi connectivity index (χ0n) is 10.6. The summed E-state index contributed by atoms with van der Waals surface area (Å²) in [6.07, 6.45) is 0. The molecule has 0 fully saturated rings. The Hall–Kier alpha value is -0.670. The Balaban J connectivity index is 2.08. The largest absolute Gasteiger partial charge is 0.316 e. The van der Waals surface area contributed by atoms with Gasteiger partial charge < -0.3 is 5.32 Å². The molecule has 0 spiro atoms. The molecule has 0 unspecified atom stereocenters. The number of benzene rings is 2. The van der Waals surface area contributed by atoms with Gasteiger partial charge in [0.15, 0.2) is 0 Å². The van der Waals surface area contributed by atoms with E-state index in [9.17, 15) is 0 Å². The second-order valence-electron chi connectivity index (χ2n) is 4.17. The van der Waals surface area contributed by atoms with E-state index in [0.717, 1.165) is 27.9 Å². The van der Waals surface area contributed by atoms with Crippen LogP contribution in [0.1, 0.15) is 11.1 Å². The molecule has 0 saturated carbocycles. The number of hydrogen-bond acceptors (Lipinski definition) is 2. The van der Waals surface area contributed by atoms with E-state index in [1.54, 1.807) is 11.8 Å². The molecular weight excluding hydrogens is 297 g/mol. The Labute approximate surface area is 128 Å². The average Bonchev–Trinajstić information content (AvgIpc) is 2.39. The van der Waals surface area contributed by atoms with Crippen molar-refractivity contribution >= 4 is 35.0 Å². The summed E-state index contributed by atoms with van der Waals surface area (Å²) in [5, 5.41) is 4.61. The summed E-state index contributed by atoms with van der Waals surface area (Å²) in [6, 6.07) is 14.1. The molecule has 0 atom stereocenters. The molecular formula is C15H15Cl2NS. The molecule has 0 heterocycles. The van der Waals surface area contributed by atoms with E-state index in [0.29, 0.717) is 0 Å². The van der Waals surface area contributed by atoms with Gasteiger partial charge in [-0.25, -0.2) is 0 Å². The maximum Gasteiger partial charge on any atom is 0.0461 e. The maximum absolute atomic E-state index is 6.17. The van der Waals surface area contributed by atoms with Crippen molar-refractivity contribution in [1.29, 1.82) is 0 Å². The monoisotopic (exact) mass is 311 g/mol. The second-order valence-corrected chi connectivity index (χ2v) is 6.03. The molecule has 0 aliphatic heterocycles. The first kappa shape index (κ1) is 14.7. The zero-order chi connectivity index (χ0) is 13.7. The topological polar surface area (TPSA) is 12.0 Å². The van der Waals surface area contributed by atoms with E-state index in [-0.39, 0.29) is 0 Å². The van der Waals surface area contributed by atoms with Crippen molar-refractivity contribution in [2.45, 2.75) is 17.2 Å². The van der Waals surface area contributed by atoms with Crippen LogP contribution in [0, 0.1) is 0 Å². The van der Waals surface area contributed by atoms with Crippen molar-refractivity contribution in [1.82, 2.24) is 5.32 Å². The van der Waals surface area contributed by atoms with Crippen LogP contribution in [0.25, 0.3) is 0 Å². The normalized spacial score (nSPS) is 10.7. The van der Waals surface area contributed by atoms with Crippen molar-refractivity contribution in [2.24, 2.45) is 0 Å². The van der Waals surface area contributed by atoms with Crippen LogP contribution in [0.5, 0.6) is 0 Å². The summed E-state index contributed by atoms with van der Waals surface area (Å²) in [4.78, 5) is 1.23. The van der Waals surface area contributed by atoms with E-state index in [1.165, 1.54) is 10.5 Å². The van der Waals surface area contributed by atoms with Gasteiger partial charge in [0, 0.05) is 27.2 Å². The first-order valence-corrected chi connectivity index (χ1v) is 7.74. The van der Waals surface area contributed by atoms with Gasteiger partial charge in [-0.3, -0.25) is 0 Å². The number of rotatable bonds is 5. The number of nitrogens with one attached hydrogen (secondary N) is 1. The lowest BCUT2D eigenvalue weighted by atomic mass is 10.2. The summed E-state index contributed by atoms with van der Waals surface area (Å²) < 4.78 is 0. The van der Waals surface area contributed by atoms with Crippen LogP contribution in [0.15, 0.2) is 47.4 Å². The van der Waals surface area contributed by atoms with Crippen LogP contribution < -0.4 is 5.32 Å². The van der Waals surface area contributed by atoms with E-state index >= 15 is 0 Å². The third-order valence-electron chi connectivity index (χ3n) is 2.72. The SMILES string of the molecule is CNCc1cccc(SCc2c(Cl)cccc2Cl)c1. The standard InChI is InChI=1S/C15H15Cl2NS/c1-18-9-11-4-2-5-12(8-11)19-10-13-14(16)6-3-7-15(13)17/h2-8,18H,9-10H2,1H3. The molecule has 0 bridgehead atoms. The lowest BCUT2D eigenvalue weighted by Gasteiger charge is -2.08. The quantitative estimate of drug-likeness (QED) is 0.779. The highest BCUT2D eigenvalue weighted by atomic mass is 35.5. The lowest BCUT2D eigenvalue weighted by molar-refractivity contribution is 0.815. The van der Waals surface area contributed by atoms with E-state index in [4.69, 9.17) is 23.2 Å². The lowest BCUT2D eigenvalue weighted by Crippen LogP contribution is -2.04. The van der Waals surface area contributed by atoms with Crippen LogP contribution in [0.3, 0.4) is 0 Å². The third kappa shape index (κ3) is 4.15. The predicted octanol–water partition coefficient (Wildman–Crippen LogP) is 5.01. The van der Waals surface area contributed by atoms with E-state index < -0.39 is 0 Å². The van der Waals surface area contributed by atoms with Crippen molar-refractivity contribution in [3.8, 4) is 0 Å². The van der Waals surface area contributed by atoms with Gasteiger partial charge in [0.1, 0.15) is 0 Å². The molecule has 0 radical (unpaired) electrons. The van der Waals surface area contributed by atoms with Gasteiger partial charge in [-0.05, 0) is 42.4 Å². The predicted molar refractivity (Wildman–Crippen MR) is 85.2 cm³/mol. The fourth-order valence-electron chi connectivity index (χ4n) is 1.78. The molecule has 100 valence electrons. The number of halogens is 2. The molecule has 19 heavy (non-hydrogen) atoms. The Bertz CT molecular complexity index is 537. The Morgan fingerprint density at radius 2 is 1.74 bits per heavy atom. The van der Waals surface area contributed by atoms with Gasteiger partial charge in [0.05, 0.1) is 0 Å². The van der Waals surface area contributed by atoms with Crippen LogP contribution in [-0.2, 0) is 12.3 Å². The van der Waals surface area contributed by atoms with Crippen molar-refractivity contribution in [3.05, 3.63) is 63.6 Å². The smallest absolute Gasteiger partial charge is 0.0461 e. The minimum absolute atomic E-state index is 0.728.